The van der Waals surface area contributed by atoms with Gasteiger partial charge in [-0.25, -0.2) is 4.79 Å². The number of hydrogen-bond donors (Lipinski definition) is 1. The fourth-order valence-corrected chi connectivity index (χ4v) is 4.58. The fourth-order valence-electron chi connectivity index (χ4n) is 4.03. The van der Waals surface area contributed by atoms with Gasteiger partial charge in [-0.15, -0.1) is 0 Å². The molecule has 9 nitrogen and oxygen atoms in total. The number of hydrogen-bond acceptors (Lipinski definition) is 8. The zero-order valence-electron chi connectivity index (χ0n) is 15.8. The second-order valence-corrected chi connectivity index (χ2v) is 7.84. The van der Waals surface area contributed by atoms with Crippen LogP contribution < -0.4 is 5.32 Å². The monoisotopic (exact) mass is 416 g/mol. The highest BCUT2D eigenvalue weighted by molar-refractivity contribution is 7.00. The summed E-state index contributed by atoms with van der Waals surface area (Å²) in [6.45, 7) is 0.926. The average molecular weight is 416 g/mol. The molecule has 2 aromatic rings. The van der Waals surface area contributed by atoms with Crippen LogP contribution in [-0.2, 0) is 23.9 Å². The number of nitrogens with zero attached hydrogens (tertiary/aromatic N) is 3. The Kier molecular flexibility index (Phi) is 5.27. The maximum absolute atomic E-state index is 12.6. The standard InChI is InChI=1S/C19H20N4O5S/c1-10(23-17(25)11-5-2-3-6-12(11)18(23)26)19(27)28-9-15(24)20-13-7-4-8-14-16(13)22-29-21-14/h4,7-8,10-12H,2-3,5-6,9H2,1H3,(H,20,24)/t10-,11-,12-/m0/s1. The lowest BCUT2D eigenvalue weighted by atomic mass is 9.81. The van der Waals surface area contributed by atoms with Crippen LogP contribution in [0.25, 0.3) is 11.0 Å². The van der Waals surface area contributed by atoms with Crippen LogP contribution in [0.15, 0.2) is 18.2 Å². The van der Waals surface area contributed by atoms with Gasteiger partial charge in [-0.1, -0.05) is 18.9 Å². The molecule has 1 N–H and O–H groups in total. The Morgan fingerprint density at radius 3 is 2.59 bits per heavy atom. The zero-order valence-corrected chi connectivity index (χ0v) is 16.6. The topological polar surface area (TPSA) is 119 Å². The van der Waals surface area contributed by atoms with E-state index in [1.807, 2.05) is 0 Å². The Morgan fingerprint density at radius 1 is 1.21 bits per heavy atom. The summed E-state index contributed by atoms with van der Waals surface area (Å²) in [6, 6.07) is 4.13. The van der Waals surface area contributed by atoms with Crippen LogP contribution in [0.1, 0.15) is 32.6 Å². The summed E-state index contributed by atoms with van der Waals surface area (Å²) in [4.78, 5) is 50.7. The molecular weight excluding hydrogens is 396 g/mol. The maximum atomic E-state index is 12.6. The molecule has 1 saturated carbocycles. The van der Waals surface area contributed by atoms with E-state index in [1.54, 1.807) is 18.2 Å². The first-order valence-corrected chi connectivity index (χ1v) is 10.2. The maximum Gasteiger partial charge on any atom is 0.329 e. The van der Waals surface area contributed by atoms with Gasteiger partial charge in [-0.05, 0) is 31.9 Å². The Balaban J connectivity index is 1.35. The molecule has 2 aliphatic rings. The third-order valence-electron chi connectivity index (χ3n) is 5.51. The number of fused-ring (bicyclic) bond motifs is 2. The normalized spacial score (nSPS) is 22.4. The molecule has 0 bridgehead atoms. The number of amides is 3. The summed E-state index contributed by atoms with van der Waals surface area (Å²) in [5, 5.41) is 2.63. The quantitative estimate of drug-likeness (QED) is 0.582. The number of benzene rings is 1. The highest BCUT2D eigenvalue weighted by atomic mass is 32.1. The van der Waals surface area contributed by atoms with Gasteiger partial charge < -0.3 is 10.1 Å². The van der Waals surface area contributed by atoms with Crippen molar-refractivity contribution in [2.45, 2.75) is 38.6 Å². The minimum atomic E-state index is -1.06. The molecule has 0 spiro atoms. The SMILES string of the molecule is C[C@@H](C(=O)OCC(=O)Nc1cccc2nsnc12)N1C(=O)[C@H]2CCCC[C@@H]2C1=O. The fraction of sp³-hybridized carbons (Fsp3) is 0.474. The molecule has 1 aliphatic heterocycles. The van der Waals surface area contributed by atoms with E-state index in [4.69, 9.17) is 4.74 Å². The smallest absolute Gasteiger partial charge is 0.329 e. The van der Waals surface area contributed by atoms with Crippen LogP contribution >= 0.6 is 11.7 Å². The van der Waals surface area contributed by atoms with Crippen molar-refractivity contribution in [1.29, 1.82) is 0 Å². The van der Waals surface area contributed by atoms with Crippen molar-refractivity contribution in [2.24, 2.45) is 11.8 Å². The van der Waals surface area contributed by atoms with Crippen molar-refractivity contribution in [1.82, 2.24) is 13.6 Å². The molecular formula is C19H20N4O5S. The van der Waals surface area contributed by atoms with Gasteiger partial charge in [-0.2, -0.15) is 8.75 Å². The van der Waals surface area contributed by atoms with E-state index < -0.39 is 24.5 Å². The van der Waals surface area contributed by atoms with E-state index >= 15 is 0 Å². The number of carbonyl (C=O) groups excluding carboxylic acids is 4. The third kappa shape index (κ3) is 3.59. The van der Waals surface area contributed by atoms with Crippen LogP contribution in [0.4, 0.5) is 5.69 Å². The van der Waals surface area contributed by atoms with E-state index in [-0.39, 0.29) is 23.7 Å². The van der Waals surface area contributed by atoms with Crippen LogP contribution in [0.5, 0.6) is 0 Å². The number of anilines is 1. The Labute approximate surface area is 170 Å². The number of rotatable bonds is 5. The lowest BCUT2D eigenvalue weighted by Gasteiger charge is -2.21. The van der Waals surface area contributed by atoms with Crippen molar-refractivity contribution in [3.63, 3.8) is 0 Å². The van der Waals surface area contributed by atoms with E-state index in [2.05, 4.69) is 14.1 Å². The Bertz CT molecular complexity index is 966. The molecule has 1 aromatic heterocycles. The first-order chi connectivity index (χ1) is 14.0. The first kappa shape index (κ1) is 19.4. The molecule has 1 saturated heterocycles. The minimum Gasteiger partial charge on any atom is -0.454 e. The number of esters is 1. The lowest BCUT2D eigenvalue weighted by Crippen LogP contribution is -2.45. The predicted molar refractivity (Wildman–Crippen MR) is 104 cm³/mol. The molecule has 1 aliphatic carbocycles. The molecule has 3 atom stereocenters. The van der Waals surface area contributed by atoms with Crippen LogP contribution in [0, 0.1) is 11.8 Å². The number of ether oxygens (including phenoxy) is 1. The Hall–Kier alpha value is -2.88. The van der Waals surface area contributed by atoms with E-state index in [9.17, 15) is 19.2 Å². The molecule has 0 unspecified atom stereocenters. The number of aromatic nitrogens is 2. The van der Waals surface area contributed by atoms with Gasteiger partial charge in [0.2, 0.25) is 11.8 Å². The highest BCUT2D eigenvalue weighted by Gasteiger charge is 2.51. The molecule has 152 valence electrons. The minimum absolute atomic E-state index is 0.309. The second kappa shape index (κ2) is 7.86. The number of carbonyl (C=O) groups is 4. The second-order valence-electron chi connectivity index (χ2n) is 7.31. The molecule has 2 fully saturated rings. The van der Waals surface area contributed by atoms with Gasteiger partial charge in [-0.3, -0.25) is 19.3 Å². The molecule has 4 rings (SSSR count). The van der Waals surface area contributed by atoms with E-state index in [0.717, 1.165) is 29.5 Å². The molecule has 10 heteroatoms. The predicted octanol–water partition coefficient (Wildman–Crippen LogP) is 1.74. The molecule has 0 radical (unpaired) electrons. The molecule has 29 heavy (non-hydrogen) atoms. The summed E-state index contributed by atoms with van der Waals surface area (Å²) in [5.41, 5.74) is 1.69. The van der Waals surface area contributed by atoms with Crippen LogP contribution in [0.2, 0.25) is 0 Å². The summed E-state index contributed by atoms with van der Waals surface area (Å²) in [7, 11) is 0. The summed E-state index contributed by atoms with van der Waals surface area (Å²) in [6.07, 6.45) is 3.17. The molecule has 3 amide bonds. The van der Waals surface area contributed by atoms with Crippen LogP contribution in [-0.4, -0.2) is 50.0 Å². The van der Waals surface area contributed by atoms with E-state index in [0.29, 0.717) is 29.6 Å². The summed E-state index contributed by atoms with van der Waals surface area (Å²) in [5.74, 6) is -2.61. The average Bonchev–Trinajstić information content (AvgIpc) is 3.30. The molecule has 2 heterocycles. The highest BCUT2D eigenvalue weighted by Crippen LogP contribution is 2.38. The van der Waals surface area contributed by atoms with E-state index in [1.165, 1.54) is 6.92 Å². The van der Waals surface area contributed by atoms with Gasteiger partial charge in [0, 0.05) is 0 Å². The lowest BCUT2D eigenvalue weighted by molar-refractivity contribution is -0.159. The van der Waals surface area contributed by atoms with Crippen molar-refractivity contribution in [2.75, 3.05) is 11.9 Å². The van der Waals surface area contributed by atoms with Crippen molar-refractivity contribution >= 4 is 52.1 Å². The van der Waals surface area contributed by atoms with Gasteiger partial charge in [0.1, 0.15) is 17.1 Å². The largest absolute Gasteiger partial charge is 0.454 e. The number of likely N-dealkylation sites (tertiary alicyclic amines) is 1. The van der Waals surface area contributed by atoms with Crippen molar-refractivity contribution < 1.29 is 23.9 Å². The first-order valence-electron chi connectivity index (χ1n) is 9.52. The van der Waals surface area contributed by atoms with Crippen molar-refractivity contribution in [3.8, 4) is 0 Å². The van der Waals surface area contributed by atoms with Crippen molar-refractivity contribution in [3.05, 3.63) is 18.2 Å². The number of imide groups is 1. The number of nitrogens with one attached hydrogen (secondary N) is 1. The van der Waals surface area contributed by atoms with Crippen LogP contribution in [0.3, 0.4) is 0 Å². The molecule has 1 aromatic carbocycles. The summed E-state index contributed by atoms with van der Waals surface area (Å²) < 4.78 is 13.3. The van der Waals surface area contributed by atoms with Gasteiger partial charge in [0.15, 0.2) is 6.61 Å². The van der Waals surface area contributed by atoms with Gasteiger partial charge in [0.25, 0.3) is 5.91 Å². The third-order valence-corrected chi connectivity index (χ3v) is 6.05. The van der Waals surface area contributed by atoms with Gasteiger partial charge >= 0.3 is 5.97 Å². The Morgan fingerprint density at radius 2 is 1.90 bits per heavy atom. The summed E-state index contributed by atoms with van der Waals surface area (Å²) >= 11 is 1.03. The zero-order chi connectivity index (χ0) is 20.5. The van der Waals surface area contributed by atoms with Gasteiger partial charge in [0.05, 0.1) is 29.3 Å².